The molecule has 3 aromatic rings. The molecule has 4 aliphatic rings. The second-order valence-corrected chi connectivity index (χ2v) is 13.9. The number of thiocarbonyl (C=S) groups is 1. The van der Waals surface area contributed by atoms with Crippen LogP contribution in [0.25, 0.3) is 10.8 Å². The summed E-state index contributed by atoms with van der Waals surface area (Å²) >= 11 is 9.99. The van der Waals surface area contributed by atoms with Crippen LogP contribution in [0.4, 0.5) is 5.69 Å². The van der Waals surface area contributed by atoms with Crippen LogP contribution in [0.2, 0.25) is 0 Å². The lowest BCUT2D eigenvalue weighted by Crippen LogP contribution is -2.54. The van der Waals surface area contributed by atoms with E-state index in [0.29, 0.717) is 57.8 Å². The second-order valence-electron chi connectivity index (χ2n) is 12.8. The third-order valence-corrected chi connectivity index (χ3v) is 10.4. The van der Waals surface area contributed by atoms with Crippen LogP contribution in [0, 0.1) is 0 Å². The summed E-state index contributed by atoms with van der Waals surface area (Å²) in [4.78, 5) is 52.3. The number of carbonyl (C=O) groups excluding carboxylic acids is 3. The van der Waals surface area contributed by atoms with Crippen LogP contribution in [0.3, 0.4) is 0 Å². The maximum Gasteiger partial charge on any atom is 0.261 e. The predicted octanol–water partition coefficient (Wildman–Crippen LogP) is 5.22. The number of aliphatic imine (C=N–C) groups is 1. The summed E-state index contributed by atoms with van der Waals surface area (Å²) in [5.74, 6) is 0.615. The van der Waals surface area contributed by atoms with Crippen LogP contribution in [0.5, 0.6) is 11.5 Å². The third-order valence-electron chi connectivity index (χ3n) is 9.92. The van der Waals surface area contributed by atoms with E-state index in [1.807, 2.05) is 47.5 Å². The Morgan fingerprint density at radius 3 is 2.44 bits per heavy atom. The van der Waals surface area contributed by atoms with Crippen molar-refractivity contribution in [2.24, 2.45) is 4.99 Å². The average molecular weight is 686 g/mol. The number of benzene rings is 3. The molecular weight excluding hydrogens is 647 g/mol. The molecule has 4 aliphatic heterocycles. The lowest BCUT2D eigenvalue weighted by atomic mass is 9.94. The van der Waals surface area contributed by atoms with E-state index in [4.69, 9.17) is 21.7 Å². The summed E-state index contributed by atoms with van der Waals surface area (Å²) < 4.78 is 12.4. The zero-order valence-corrected chi connectivity index (χ0v) is 28.7. The number of nitrogens with zero attached hydrogens (tertiary/aromatic N) is 5. The minimum absolute atomic E-state index is 0.0170. The standard InChI is InChI=1S/C36H39N5O5S2/c1-45-30-19-28-29(37-21-24-9-4-14-39(24)35(28)44)20-31(30)46-18-5-10-25-22-38(16-17-40(25)36(47)48)13-6-15-41-33(42)26-11-2-7-23-8-3-12-27(32(23)26)34(41)43/h2-3,7-8,11-12,19-21,24-25H,4-6,9-10,13-18,22H2,1H3,(H,47,48)/t24-,25?/m0/s1. The van der Waals surface area contributed by atoms with Crippen molar-refractivity contribution in [2.45, 2.75) is 44.2 Å². The van der Waals surface area contributed by atoms with Crippen molar-refractivity contribution in [1.29, 1.82) is 0 Å². The van der Waals surface area contributed by atoms with E-state index < -0.39 is 0 Å². The fraction of sp³-hybridized carbons (Fsp3) is 0.417. The molecule has 2 fully saturated rings. The first-order chi connectivity index (χ1) is 23.3. The highest BCUT2D eigenvalue weighted by Gasteiger charge is 2.34. The molecule has 3 amide bonds. The predicted molar refractivity (Wildman–Crippen MR) is 192 cm³/mol. The van der Waals surface area contributed by atoms with E-state index in [1.54, 1.807) is 19.2 Å². The van der Waals surface area contributed by atoms with Gasteiger partial charge in [0.15, 0.2) is 11.5 Å². The molecule has 4 heterocycles. The zero-order chi connectivity index (χ0) is 33.4. The molecule has 0 bridgehead atoms. The van der Waals surface area contributed by atoms with Crippen LogP contribution < -0.4 is 9.47 Å². The Bertz CT molecular complexity index is 1760. The Kier molecular flexibility index (Phi) is 9.39. The molecule has 2 atom stereocenters. The number of piperazine rings is 1. The van der Waals surface area contributed by atoms with Gasteiger partial charge in [-0.25, -0.2) is 0 Å². The maximum atomic E-state index is 13.3. The summed E-state index contributed by atoms with van der Waals surface area (Å²) in [6, 6.07) is 15.0. The van der Waals surface area contributed by atoms with Gasteiger partial charge in [-0.15, -0.1) is 12.6 Å². The fourth-order valence-electron chi connectivity index (χ4n) is 7.48. The summed E-state index contributed by atoms with van der Waals surface area (Å²) in [5.41, 5.74) is 2.32. The number of fused-ring (bicyclic) bond motifs is 2. The van der Waals surface area contributed by atoms with Gasteiger partial charge in [0.1, 0.15) is 4.32 Å². The molecule has 7 rings (SSSR count). The fourth-order valence-corrected chi connectivity index (χ4v) is 7.98. The Balaban J connectivity index is 0.942. The van der Waals surface area contributed by atoms with Crippen LogP contribution in [-0.4, -0.2) is 113 Å². The number of thiol groups is 1. The molecule has 250 valence electrons. The highest BCUT2D eigenvalue weighted by molar-refractivity contribution is 8.10. The smallest absolute Gasteiger partial charge is 0.261 e. The van der Waals surface area contributed by atoms with E-state index in [2.05, 4.69) is 27.4 Å². The molecule has 0 radical (unpaired) electrons. The molecule has 0 saturated carbocycles. The van der Waals surface area contributed by atoms with Crippen molar-refractivity contribution in [1.82, 2.24) is 19.6 Å². The van der Waals surface area contributed by atoms with E-state index >= 15 is 0 Å². The Morgan fingerprint density at radius 2 is 1.71 bits per heavy atom. The van der Waals surface area contributed by atoms with Gasteiger partial charge >= 0.3 is 0 Å². The van der Waals surface area contributed by atoms with Gasteiger partial charge in [0, 0.05) is 67.6 Å². The normalized spacial score (nSPS) is 20.6. The van der Waals surface area contributed by atoms with Gasteiger partial charge in [0.25, 0.3) is 17.7 Å². The average Bonchev–Trinajstić information content (AvgIpc) is 3.53. The van der Waals surface area contributed by atoms with Gasteiger partial charge in [-0.05, 0) is 62.2 Å². The van der Waals surface area contributed by atoms with Gasteiger partial charge in [0.2, 0.25) is 0 Å². The Labute approximate surface area is 291 Å². The summed E-state index contributed by atoms with van der Waals surface area (Å²) in [6.07, 6.45) is 6.07. The third kappa shape index (κ3) is 6.17. The van der Waals surface area contributed by atoms with Crippen molar-refractivity contribution in [3.05, 3.63) is 65.2 Å². The minimum Gasteiger partial charge on any atom is -0.493 e. The second kappa shape index (κ2) is 13.9. The van der Waals surface area contributed by atoms with Crippen molar-refractivity contribution in [2.75, 3.05) is 53.0 Å². The first-order valence-electron chi connectivity index (χ1n) is 16.6. The first kappa shape index (κ1) is 32.5. The molecule has 0 aliphatic carbocycles. The summed E-state index contributed by atoms with van der Waals surface area (Å²) in [5, 5.41) is 1.66. The van der Waals surface area contributed by atoms with Crippen LogP contribution >= 0.6 is 24.8 Å². The highest BCUT2D eigenvalue weighted by Crippen LogP contribution is 2.38. The lowest BCUT2D eigenvalue weighted by Gasteiger charge is -2.42. The van der Waals surface area contributed by atoms with Crippen LogP contribution in [-0.2, 0) is 0 Å². The number of imide groups is 1. The van der Waals surface area contributed by atoms with E-state index in [0.717, 1.165) is 69.2 Å². The number of rotatable bonds is 10. The molecule has 48 heavy (non-hydrogen) atoms. The minimum atomic E-state index is -0.225. The topological polar surface area (TPSA) is 95.0 Å². The molecule has 0 spiro atoms. The van der Waals surface area contributed by atoms with Gasteiger partial charge in [0.05, 0.1) is 31.0 Å². The van der Waals surface area contributed by atoms with Crippen molar-refractivity contribution in [3.8, 4) is 11.5 Å². The number of methoxy groups -OCH3 is 1. The molecule has 1 unspecified atom stereocenters. The van der Waals surface area contributed by atoms with Gasteiger partial charge < -0.3 is 19.3 Å². The van der Waals surface area contributed by atoms with Gasteiger partial charge in [-0.1, -0.05) is 36.5 Å². The Morgan fingerprint density at radius 1 is 0.938 bits per heavy atom. The van der Waals surface area contributed by atoms with Crippen LogP contribution in [0.1, 0.15) is 63.2 Å². The quantitative estimate of drug-likeness (QED) is 0.135. The van der Waals surface area contributed by atoms with Crippen molar-refractivity contribution in [3.63, 3.8) is 0 Å². The molecule has 12 heteroatoms. The first-order valence-corrected chi connectivity index (χ1v) is 17.5. The summed E-state index contributed by atoms with van der Waals surface area (Å²) in [7, 11) is 1.58. The van der Waals surface area contributed by atoms with Crippen LogP contribution in [0.15, 0.2) is 53.5 Å². The molecule has 2 saturated heterocycles. The van der Waals surface area contributed by atoms with E-state index in [9.17, 15) is 14.4 Å². The van der Waals surface area contributed by atoms with Crippen molar-refractivity contribution >= 4 is 69.6 Å². The number of ether oxygens (including phenoxy) is 2. The van der Waals surface area contributed by atoms with Gasteiger partial charge in [-0.3, -0.25) is 29.2 Å². The molecule has 10 nitrogen and oxygen atoms in total. The molecule has 0 aromatic heterocycles. The largest absolute Gasteiger partial charge is 0.493 e. The Hall–Kier alpha value is -4.00. The van der Waals surface area contributed by atoms with E-state index in [1.165, 1.54) is 4.90 Å². The number of carbonyl (C=O) groups is 3. The van der Waals surface area contributed by atoms with Crippen molar-refractivity contribution < 1.29 is 23.9 Å². The number of hydrogen-bond acceptors (Lipinski definition) is 8. The number of hydrogen-bond donors (Lipinski definition) is 1. The SMILES string of the molecule is COc1cc2c(cc1OCCCC1CN(CCCN3C(=O)c4cccc5cccc(c45)C3=O)CCN1C(=S)S)N=C[C@@H]1CCCN1C2=O. The maximum absolute atomic E-state index is 13.3. The monoisotopic (exact) mass is 685 g/mol. The molecule has 3 aromatic carbocycles. The summed E-state index contributed by atoms with van der Waals surface area (Å²) in [6.45, 7) is 4.69. The number of amides is 3. The van der Waals surface area contributed by atoms with E-state index in [-0.39, 0.29) is 29.8 Å². The zero-order valence-electron chi connectivity index (χ0n) is 27.0. The molecular formula is C36H39N5O5S2. The highest BCUT2D eigenvalue weighted by atomic mass is 32.1. The van der Waals surface area contributed by atoms with Gasteiger partial charge in [-0.2, -0.15) is 0 Å². The molecule has 0 N–H and O–H groups in total. The lowest BCUT2D eigenvalue weighted by molar-refractivity contribution is 0.0594.